The number of aromatic nitrogens is 2. The highest BCUT2D eigenvalue weighted by Gasteiger charge is 2.45. The largest absolute Gasteiger partial charge is 0.465 e. The third-order valence-electron chi connectivity index (χ3n) is 3.91. The maximum absolute atomic E-state index is 13.3. The van der Waals surface area contributed by atoms with Gasteiger partial charge in [0, 0.05) is 5.92 Å². The zero-order valence-electron chi connectivity index (χ0n) is 13.2. The lowest BCUT2D eigenvalue weighted by Gasteiger charge is -2.30. The molecule has 0 saturated heterocycles. The van der Waals surface area contributed by atoms with Gasteiger partial charge in [-0.05, 0) is 24.6 Å². The van der Waals surface area contributed by atoms with Crippen LogP contribution in [-0.2, 0) is 14.3 Å². The minimum atomic E-state index is -1.30. The van der Waals surface area contributed by atoms with Crippen LogP contribution in [0.4, 0.5) is 16.2 Å². The number of carbonyl (C=O) groups excluding carboxylic acids is 2. The summed E-state index contributed by atoms with van der Waals surface area (Å²) in [6.07, 6.45) is 0. The van der Waals surface area contributed by atoms with Crippen molar-refractivity contribution in [2.75, 3.05) is 17.7 Å². The van der Waals surface area contributed by atoms with Crippen molar-refractivity contribution in [2.45, 2.75) is 12.8 Å². The van der Waals surface area contributed by atoms with Crippen molar-refractivity contribution in [3.8, 4) is 0 Å². The first-order valence-corrected chi connectivity index (χ1v) is 7.55. The summed E-state index contributed by atoms with van der Waals surface area (Å²) in [6, 6.07) is 5.18. The van der Waals surface area contributed by atoms with Gasteiger partial charge in [0.1, 0.15) is 17.6 Å². The Morgan fingerprint density at radius 1 is 1.32 bits per heavy atom. The van der Waals surface area contributed by atoms with Gasteiger partial charge in [-0.25, -0.2) is 4.39 Å². The Bertz CT molecular complexity index is 894. The van der Waals surface area contributed by atoms with E-state index in [4.69, 9.17) is 10.5 Å². The van der Waals surface area contributed by atoms with Gasteiger partial charge in [-0.2, -0.15) is 4.98 Å². The molecule has 1 aromatic heterocycles. The maximum Gasteiger partial charge on any atom is 0.319 e. The lowest BCUT2D eigenvalue weighted by atomic mass is 9.78. The molecule has 130 valence electrons. The van der Waals surface area contributed by atoms with E-state index in [1.807, 2.05) is 0 Å². The van der Waals surface area contributed by atoms with Crippen LogP contribution in [0.25, 0.3) is 0 Å². The van der Waals surface area contributed by atoms with Gasteiger partial charge in [0.2, 0.25) is 11.9 Å². The molecule has 0 unspecified atom stereocenters. The van der Waals surface area contributed by atoms with Crippen LogP contribution >= 0.6 is 0 Å². The minimum Gasteiger partial charge on any atom is -0.465 e. The molecule has 0 radical (unpaired) electrons. The molecule has 0 aliphatic carbocycles. The molecule has 1 aliphatic heterocycles. The third kappa shape index (κ3) is 2.95. The molecule has 3 rings (SSSR count). The molecule has 0 bridgehead atoms. The molecule has 0 saturated carbocycles. The number of nitrogens with zero attached hydrogens (tertiary/aromatic N) is 1. The van der Waals surface area contributed by atoms with Crippen LogP contribution in [0.1, 0.15) is 24.0 Å². The monoisotopic (exact) mass is 346 g/mol. The second kappa shape index (κ2) is 6.34. The molecule has 8 nitrogen and oxygen atoms in total. The Morgan fingerprint density at radius 2 is 2.00 bits per heavy atom. The summed E-state index contributed by atoms with van der Waals surface area (Å²) in [4.78, 5) is 43.5. The Kier molecular flexibility index (Phi) is 4.22. The van der Waals surface area contributed by atoms with E-state index in [2.05, 4.69) is 15.3 Å². The predicted octanol–water partition coefficient (Wildman–Crippen LogP) is 0.755. The zero-order chi connectivity index (χ0) is 18.1. The van der Waals surface area contributed by atoms with Gasteiger partial charge in [-0.1, -0.05) is 12.1 Å². The van der Waals surface area contributed by atoms with E-state index < -0.39 is 35.1 Å². The molecule has 2 atom stereocenters. The molecule has 1 aliphatic rings. The number of esters is 1. The van der Waals surface area contributed by atoms with Gasteiger partial charge in [0.15, 0.2) is 0 Å². The van der Waals surface area contributed by atoms with Gasteiger partial charge in [0.25, 0.3) is 5.56 Å². The molecule has 1 amide bonds. The number of nitrogens with two attached hydrogens (primary N) is 1. The minimum absolute atomic E-state index is 0.0267. The number of halogens is 1. The van der Waals surface area contributed by atoms with Crippen LogP contribution in [0.2, 0.25) is 0 Å². The average molecular weight is 346 g/mol. The van der Waals surface area contributed by atoms with Crippen molar-refractivity contribution >= 4 is 23.6 Å². The molecular formula is C16H15FN4O4. The number of aromatic amines is 1. The molecule has 0 fully saturated rings. The number of nitrogens with one attached hydrogen (secondary N) is 2. The quantitative estimate of drug-likeness (QED) is 0.556. The number of hydrogen-bond acceptors (Lipinski definition) is 6. The Labute approximate surface area is 141 Å². The van der Waals surface area contributed by atoms with Crippen LogP contribution in [0.15, 0.2) is 29.1 Å². The number of anilines is 2. The first-order chi connectivity index (χ1) is 11.9. The van der Waals surface area contributed by atoms with E-state index >= 15 is 0 Å². The lowest BCUT2D eigenvalue weighted by Crippen LogP contribution is -2.43. The fraction of sp³-hybridized carbons (Fsp3) is 0.250. The van der Waals surface area contributed by atoms with Crippen molar-refractivity contribution in [1.29, 1.82) is 0 Å². The highest BCUT2D eigenvalue weighted by Crippen LogP contribution is 2.38. The Hall–Kier alpha value is -3.23. The normalized spacial score (nSPS) is 19.0. The van der Waals surface area contributed by atoms with E-state index in [0.717, 1.165) is 0 Å². The summed E-state index contributed by atoms with van der Waals surface area (Å²) in [5, 5.41) is 2.42. The van der Waals surface area contributed by atoms with Crippen molar-refractivity contribution in [3.63, 3.8) is 0 Å². The van der Waals surface area contributed by atoms with Crippen molar-refractivity contribution in [2.24, 2.45) is 5.92 Å². The summed E-state index contributed by atoms with van der Waals surface area (Å²) in [5.41, 5.74) is 5.40. The highest BCUT2D eigenvalue weighted by atomic mass is 19.1. The standard InChI is InChI=1S/C16H15FN4O4/c1-2-25-15(24)11-9(7-3-5-8(17)6-4-7)10-12(19-14(11)23)20-16(18)21-13(10)22/h3-6,9,11H,2H2,1H3,(H4,18,19,20,21,22,23)/t9-,11-/m0/s1. The predicted molar refractivity (Wildman–Crippen MR) is 86.3 cm³/mol. The van der Waals surface area contributed by atoms with Crippen LogP contribution in [0.5, 0.6) is 0 Å². The van der Waals surface area contributed by atoms with Gasteiger partial charge >= 0.3 is 5.97 Å². The van der Waals surface area contributed by atoms with Gasteiger partial charge in [0.05, 0.1) is 12.2 Å². The number of rotatable bonds is 3. The molecule has 2 heterocycles. The van der Waals surface area contributed by atoms with E-state index in [1.54, 1.807) is 6.92 Å². The van der Waals surface area contributed by atoms with Crippen molar-refractivity contribution < 1.29 is 18.7 Å². The number of fused-ring (bicyclic) bond motifs is 1. The van der Waals surface area contributed by atoms with Crippen LogP contribution in [0.3, 0.4) is 0 Å². The third-order valence-corrected chi connectivity index (χ3v) is 3.91. The number of amides is 1. The number of H-pyrrole nitrogens is 1. The molecule has 4 N–H and O–H groups in total. The van der Waals surface area contributed by atoms with Gasteiger partial charge in [-0.15, -0.1) is 0 Å². The number of benzene rings is 1. The van der Waals surface area contributed by atoms with Crippen molar-refractivity contribution in [3.05, 3.63) is 51.6 Å². The molecule has 0 spiro atoms. The number of ether oxygens (including phenoxy) is 1. The van der Waals surface area contributed by atoms with E-state index in [1.165, 1.54) is 24.3 Å². The SMILES string of the molecule is CCOC(=O)[C@@H]1C(=O)Nc2nc(N)[nH]c(=O)c2[C@@H]1c1ccc(F)cc1. The fourth-order valence-corrected chi connectivity index (χ4v) is 2.90. The molecule has 25 heavy (non-hydrogen) atoms. The number of carbonyl (C=O) groups is 2. The molecule has 1 aromatic carbocycles. The number of nitrogen functional groups attached to an aromatic ring is 1. The maximum atomic E-state index is 13.3. The van der Waals surface area contributed by atoms with E-state index in [-0.39, 0.29) is 23.9 Å². The Morgan fingerprint density at radius 3 is 2.64 bits per heavy atom. The van der Waals surface area contributed by atoms with Crippen LogP contribution < -0.4 is 16.6 Å². The molecular weight excluding hydrogens is 331 g/mol. The number of hydrogen-bond donors (Lipinski definition) is 3. The summed E-state index contributed by atoms with van der Waals surface area (Å²) >= 11 is 0. The smallest absolute Gasteiger partial charge is 0.319 e. The second-order valence-corrected chi connectivity index (χ2v) is 5.46. The van der Waals surface area contributed by atoms with Gasteiger partial charge < -0.3 is 15.8 Å². The zero-order valence-corrected chi connectivity index (χ0v) is 13.2. The topological polar surface area (TPSA) is 127 Å². The summed E-state index contributed by atoms with van der Waals surface area (Å²) in [6.45, 7) is 1.68. The summed E-state index contributed by atoms with van der Waals surface area (Å²) in [5.74, 6) is -4.41. The fourth-order valence-electron chi connectivity index (χ4n) is 2.90. The van der Waals surface area contributed by atoms with E-state index in [0.29, 0.717) is 5.56 Å². The van der Waals surface area contributed by atoms with Crippen LogP contribution in [-0.4, -0.2) is 28.5 Å². The summed E-state index contributed by atoms with van der Waals surface area (Å²) in [7, 11) is 0. The first-order valence-electron chi connectivity index (χ1n) is 7.55. The van der Waals surface area contributed by atoms with Gasteiger partial charge in [-0.3, -0.25) is 19.4 Å². The second-order valence-electron chi connectivity index (χ2n) is 5.46. The highest BCUT2D eigenvalue weighted by molar-refractivity contribution is 6.08. The van der Waals surface area contributed by atoms with E-state index in [9.17, 15) is 18.8 Å². The Balaban J connectivity index is 2.22. The molecule has 9 heteroatoms. The van der Waals surface area contributed by atoms with Crippen LogP contribution in [0, 0.1) is 11.7 Å². The summed E-state index contributed by atoms with van der Waals surface area (Å²) < 4.78 is 18.2. The molecule has 2 aromatic rings. The average Bonchev–Trinajstić information content (AvgIpc) is 2.54. The lowest BCUT2D eigenvalue weighted by molar-refractivity contribution is -0.151. The first kappa shape index (κ1) is 16.6. The van der Waals surface area contributed by atoms with Crippen molar-refractivity contribution in [1.82, 2.24) is 9.97 Å².